The molecule has 2 N–H and O–H groups in total. The second-order valence-electron chi connectivity index (χ2n) is 6.21. The number of amides is 1. The van der Waals surface area contributed by atoms with Crippen LogP contribution in [0.1, 0.15) is 25.8 Å². The lowest BCUT2D eigenvalue weighted by molar-refractivity contribution is -0.123. The lowest BCUT2D eigenvalue weighted by Gasteiger charge is -2.19. The second-order valence-corrected chi connectivity index (χ2v) is 7.89. The van der Waals surface area contributed by atoms with Crippen molar-refractivity contribution in [1.29, 1.82) is 0 Å². The Bertz CT molecular complexity index is 841. The molecule has 0 spiro atoms. The number of carbonyl (C=O) groups excluding carboxylic acids is 1. The van der Waals surface area contributed by atoms with E-state index in [1.54, 1.807) is 0 Å². The van der Waals surface area contributed by atoms with Crippen LogP contribution in [-0.2, 0) is 21.2 Å². The van der Waals surface area contributed by atoms with E-state index in [2.05, 4.69) is 10.0 Å². The first kappa shape index (κ1) is 20.1. The minimum Gasteiger partial charge on any atom is -0.352 e. The van der Waals surface area contributed by atoms with Crippen molar-refractivity contribution >= 4 is 15.9 Å². The van der Waals surface area contributed by atoms with Crippen molar-refractivity contribution in [2.75, 3.05) is 0 Å². The van der Waals surface area contributed by atoms with Crippen LogP contribution in [0.3, 0.4) is 0 Å². The first-order chi connectivity index (χ1) is 12.3. The molecule has 0 saturated heterocycles. The van der Waals surface area contributed by atoms with Gasteiger partial charge in [-0.15, -0.1) is 0 Å². The van der Waals surface area contributed by atoms with E-state index in [1.165, 1.54) is 24.6 Å². The third kappa shape index (κ3) is 5.64. The Morgan fingerprint density at radius 3 is 2.31 bits per heavy atom. The second kappa shape index (κ2) is 8.91. The molecule has 0 bridgehead atoms. The van der Waals surface area contributed by atoms with Crippen molar-refractivity contribution in [3.63, 3.8) is 0 Å². The number of hydrogen-bond donors (Lipinski definition) is 2. The van der Waals surface area contributed by atoms with E-state index in [0.717, 1.165) is 25.0 Å². The Morgan fingerprint density at radius 2 is 1.65 bits per heavy atom. The highest BCUT2D eigenvalue weighted by Crippen LogP contribution is 2.13. The summed E-state index contributed by atoms with van der Waals surface area (Å²) in [4.78, 5) is 11.8. The van der Waals surface area contributed by atoms with Crippen LogP contribution in [0.4, 0.5) is 4.39 Å². The number of carbonyl (C=O) groups is 1. The van der Waals surface area contributed by atoms with E-state index in [4.69, 9.17) is 0 Å². The lowest BCUT2D eigenvalue weighted by atomic mass is 10.1. The Kier molecular flexibility index (Phi) is 6.88. The predicted octanol–water partition coefficient (Wildman–Crippen LogP) is 2.63. The molecule has 0 radical (unpaired) electrons. The Hall–Kier alpha value is -2.25. The molecule has 26 heavy (non-hydrogen) atoms. The fourth-order valence-electron chi connectivity index (χ4n) is 2.48. The normalized spacial score (nSPS) is 13.8. The first-order valence-corrected chi connectivity index (χ1v) is 9.89. The molecule has 0 heterocycles. The highest BCUT2D eigenvalue weighted by molar-refractivity contribution is 7.89. The van der Waals surface area contributed by atoms with Crippen LogP contribution in [0.5, 0.6) is 0 Å². The van der Waals surface area contributed by atoms with E-state index < -0.39 is 32.7 Å². The molecule has 7 heteroatoms. The van der Waals surface area contributed by atoms with Crippen molar-refractivity contribution in [2.24, 2.45) is 0 Å². The Morgan fingerprint density at radius 1 is 1.04 bits per heavy atom. The zero-order valence-electron chi connectivity index (χ0n) is 14.8. The third-order valence-corrected chi connectivity index (χ3v) is 5.52. The van der Waals surface area contributed by atoms with Crippen LogP contribution in [-0.4, -0.2) is 26.4 Å². The number of aryl methyl sites for hydroxylation is 1. The monoisotopic (exact) mass is 378 g/mol. The largest absolute Gasteiger partial charge is 0.352 e. The van der Waals surface area contributed by atoms with Gasteiger partial charge in [-0.2, -0.15) is 4.72 Å². The van der Waals surface area contributed by atoms with E-state index >= 15 is 0 Å². The van der Waals surface area contributed by atoms with Crippen molar-refractivity contribution in [3.05, 3.63) is 66.0 Å². The summed E-state index contributed by atoms with van der Waals surface area (Å²) in [6.45, 7) is 3.29. The SMILES string of the molecule is C[C@@H](CCc1ccccc1)NC(=O)[C@@H](C)NS(=O)(=O)c1ccccc1F. The van der Waals surface area contributed by atoms with Crippen LogP contribution in [0, 0.1) is 5.82 Å². The molecule has 2 aromatic carbocycles. The van der Waals surface area contributed by atoms with E-state index in [9.17, 15) is 17.6 Å². The number of rotatable bonds is 8. The summed E-state index contributed by atoms with van der Waals surface area (Å²) in [6, 6.07) is 13.8. The summed E-state index contributed by atoms with van der Waals surface area (Å²) in [5, 5.41) is 2.78. The van der Waals surface area contributed by atoms with Gasteiger partial charge in [0, 0.05) is 6.04 Å². The summed E-state index contributed by atoms with van der Waals surface area (Å²) in [6.07, 6.45) is 1.53. The summed E-state index contributed by atoms with van der Waals surface area (Å²) in [5.41, 5.74) is 1.17. The smallest absolute Gasteiger partial charge is 0.244 e. The van der Waals surface area contributed by atoms with Crippen molar-refractivity contribution in [1.82, 2.24) is 10.0 Å². The molecule has 2 atom stereocenters. The van der Waals surface area contributed by atoms with E-state index in [-0.39, 0.29) is 6.04 Å². The fourth-order valence-corrected chi connectivity index (χ4v) is 3.76. The summed E-state index contributed by atoms with van der Waals surface area (Å²) >= 11 is 0. The van der Waals surface area contributed by atoms with Crippen LogP contribution in [0.25, 0.3) is 0 Å². The van der Waals surface area contributed by atoms with Crippen molar-refractivity contribution < 1.29 is 17.6 Å². The van der Waals surface area contributed by atoms with Crippen molar-refractivity contribution in [3.8, 4) is 0 Å². The molecule has 0 aliphatic carbocycles. The number of benzene rings is 2. The fraction of sp³-hybridized carbons (Fsp3) is 0.316. The lowest BCUT2D eigenvalue weighted by Crippen LogP contribution is -2.47. The molecule has 0 unspecified atom stereocenters. The van der Waals surface area contributed by atoms with E-state index in [1.807, 2.05) is 37.3 Å². The molecule has 1 amide bonds. The minimum atomic E-state index is -4.11. The molecule has 140 valence electrons. The van der Waals surface area contributed by atoms with Gasteiger partial charge in [0.2, 0.25) is 15.9 Å². The van der Waals surface area contributed by atoms with Gasteiger partial charge in [-0.1, -0.05) is 42.5 Å². The van der Waals surface area contributed by atoms with Crippen LogP contribution < -0.4 is 10.0 Å². The van der Waals surface area contributed by atoms with E-state index in [0.29, 0.717) is 0 Å². The maximum Gasteiger partial charge on any atom is 0.244 e. The number of hydrogen-bond acceptors (Lipinski definition) is 3. The molecule has 0 aromatic heterocycles. The summed E-state index contributed by atoms with van der Waals surface area (Å²) in [5.74, 6) is -1.31. The Labute approximate surface area is 153 Å². The number of sulfonamides is 1. The van der Waals surface area contributed by atoms with Gasteiger partial charge in [0.15, 0.2) is 0 Å². The standard InChI is InChI=1S/C19H23FN2O3S/c1-14(12-13-16-8-4-3-5-9-16)21-19(23)15(2)22-26(24,25)18-11-7-6-10-17(18)20/h3-11,14-15,22H,12-13H2,1-2H3,(H,21,23)/t14-,15+/m0/s1. The summed E-state index contributed by atoms with van der Waals surface area (Å²) < 4.78 is 40.4. The average molecular weight is 378 g/mol. The van der Waals surface area contributed by atoms with Gasteiger partial charge >= 0.3 is 0 Å². The van der Waals surface area contributed by atoms with Crippen LogP contribution in [0.15, 0.2) is 59.5 Å². The molecule has 0 aliphatic heterocycles. The molecule has 2 aromatic rings. The topological polar surface area (TPSA) is 75.3 Å². The van der Waals surface area contributed by atoms with Crippen LogP contribution in [0.2, 0.25) is 0 Å². The molecule has 0 saturated carbocycles. The van der Waals surface area contributed by atoms with Gasteiger partial charge in [-0.05, 0) is 44.4 Å². The predicted molar refractivity (Wildman–Crippen MR) is 98.6 cm³/mol. The molecule has 2 rings (SSSR count). The maximum atomic E-state index is 13.7. The maximum absolute atomic E-state index is 13.7. The van der Waals surface area contributed by atoms with Gasteiger partial charge in [0.05, 0.1) is 6.04 Å². The highest BCUT2D eigenvalue weighted by atomic mass is 32.2. The number of nitrogens with one attached hydrogen (secondary N) is 2. The van der Waals surface area contributed by atoms with Crippen molar-refractivity contribution in [2.45, 2.75) is 43.7 Å². The zero-order chi connectivity index (χ0) is 19.2. The molecule has 5 nitrogen and oxygen atoms in total. The number of halogens is 1. The molecule has 0 fully saturated rings. The van der Waals surface area contributed by atoms with Gasteiger partial charge < -0.3 is 5.32 Å². The van der Waals surface area contributed by atoms with Crippen LogP contribution >= 0.6 is 0 Å². The third-order valence-electron chi connectivity index (χ3n) is 3.95. The first-order valence-electron chi connectivity index (χ1n) is 8.41. The molecule has 0 aliphatic rings. The Balaban J connectivity index is 1.89. The highest BCUT2D eigenvalue weighted by Gasteiger charge is 2.25. The quantitative estimate of drug-likeness (QED) is 0.741. The average Bonchev–Trinajstić information content (AvgIpc) is 2.60. The van der Waals surface area contributed by atoms with Gasteiger partial charge in [0.25, 0.3) is 0 Å². The minimum absolute atomic E-state index is 0.122. The van der Waals surface area contributed by atoms with Gasteiger partial charge in [-0.25, -0.2) is 12.8 Å². The zero-order valence-corrected chi connectivity index (χ0v) is 15.6. The van der Waals surface area contributed by atoms with Gasteiger partial charge in [-0.3, -0.25) is 4.79 Å². The summed E-state index contributed by atoms with van der Waals surface area (Å²) in [7, 11) is -4.11. The molecular weight excluding hydrogens is 355 g/mol. The molecular formula is C19H23FN2O3S. The van der Waals surface area contributed by atoms with Gasteiger partial charge in [0.1, 0.15) is 10.7 Å².